The molecule has 59 heavy (non-hydrogen) atoms. The molecule has 0 saturated heterocycles. The molecule has 0 amide bonds. The highest BCUT2D eigenvalue weighted by molar-refractivity contribution is 7.27. The zero-order chi connectivity index (χ0) is 40.6. The van der Waals surface area contributed by atoms with Gasteiger partial charge in [0.15, 0.2) is 0 Å². The van der Waals surface area contributed by atoms with Crippen molar-refractivity contribution < 1.29 is 0 Å². The summed E-state index contributed by atoms with van der Waals surface area (Å²) in [6.07, 6.45) is 11.6. The van der Waals surface area contributed by atoms with Gasteiger partial charge in [-0.2, -0.15) is 0 Å². The quantitative estimate of drug-likeness (QED) is 0.158. The first kappa shape index (κ1) is 36.8. The molecule has 4 heteroatoms. The predicted octanol–water partition coefficient (Wildman–Crippen LogP) is 16.0. The Balaban J connectivity index is 1.36. The summed E-state index contributed by atoms with van der Waals surface area (Å²) in [6.45, 7) is 17.7. The number of allylic oxidation sites excluding steroid dienone is 2. The van der Waals surface area contributed by atoms with E-state index < -0.39 is 0 Å². The Bertz CT molecular complexity index is 3360. The van der Waals surface area contributed by atoms with E-state index in [1.54, 1.807) is 0 Å². The van der Waals surface area contributed by atoms with Gasteiger partial charge in [0.05, 0.1) is 22.4 Å². The number of rotatable bonds is 7. The van der Waals surface area contributed by atoms with Gasteiger partial charge >= 0.3 is 0 Å². The maximum atomic E-state index is 5.21. The van der Waals surface area contributed by atoms with Gasteiger partial charge in [0.1, 0.15) is 5.82 Å². The minimum Gasteiger partial charge on any atom is -0.308 e. The molecule has 0 bridgehead atoms. The lowest BCUT2D eigenvalue weighted by Gasteiger charge is -2.19. The number of fused-ring (bicyclic) bond motifs is 12. The van der Waals surface area contributed by atoms with Gasteiger partial charge < -0.3 is 4.57 Å². The Kier molecular flexibility index (Phi) is 8.81. The van der Waals surface area contributed by atoms with Gasteiger partial charge in [-0.1, -0.05) is 125 Å². The molecule has 0 spiro atoms. The summed E-state index contributed by atoms with van der Waals surface area (Å²) in [4.78, 5) is 5.21. The average Bonchev–Trinajstić information content (AvgIpc) is 3.94. The number of hydrogen-bond donors (Lipinski definition) is 0. The molecule has 10 rings (SSSR count). The second kappa shape index (κ2) is 14.1. The molecule has 288 valence electrons. The van der Waals surface area contributed by atoms with Crippen molar-refractivity contribution in [3.8, 4) is 22.8 Å². The van der Waals surface area contributed by atoms with E-state index in [2.05, 4.69) is 190 Å². The maximum Gasteiger partial charge on any atom is 0.145 e. The van der Waals surface area contributed by atoms with Crippen molar-refractivity contribution in [3.05, 3.63) is 168 Å². The normalized spacial score (nSPS) is 12.6. The van der Waals surface area contributed by atoms with Gasteiger partial charge in [-0.05, 0) is 114 Å². The van der Waals surface area contributed by atoms with Gasteiger partial charge in [0.25, 0.3) is 0 Å². The standard InChI is InChI=1S/C55H47N3S/c1-8-11-22-40-34(4)39-23-15-16-24-41(39)49-50-52(43-26-18-17-25-42(43)48-44-33-36(55(5,6)7)29-32-47(44)59-53(48)50)58(51(40)49)38-30-27-35(28-31-38)54-56-45(19-9-2)46(10-3)57(54)37-20-13-12-14-21-37/h9-33H,3,8H2,1-2,4-7H3/b19-9-,22-11-. The number of hydrogen-bond acceptors (Lipinski definition) is 2. The predicted molar refractivity (Wildman–Crippen MR) is 259 cm³/mol. The third kappa shape index (κ3) is 5.65. The molecule has 3 aromatic heterocycles. The lowest BCUT2D eigenvalue weighted by atomic mass is 9.86. The number of aryl methyl sites for hydroxylation is 1. The van der Waals surface area contributed by atoms with Crippen molar-refractivity contribution in [1.82, 2.24) is 14.1 Å². The molecule has 0 N–H and O–H groups in total. The fourth-order valence-electron chi connectivity index (χ4n) is 9.25. The number of thiophene rings is 1. The number of benzene rings is 7. The zero-order valence-corrected chi connectivity index (χ0v) is 35.4. The molecule has 7 aromatic carbocycles. The molecule has 0 unspecified atom stereocenters. The Labute approximate surface area is 349 Å². The molecule has 0 fully saturated rings. The maximum absolute atomic E-state index is 5.21. The smallest absolute Gasteiger partial charge is 0.145 e. The molecule has 0 atom stereocenters. The van der Waals surface area contributed by atoms with Crippen LogP contribution < -0.4 is 0 Å². The molecular formula is C55H47N3S. The molecule has 3 heterocycles. The van der Waals surface area contributed by atoms with Crippen molar-refractivity contribution in [2.45, 2.75) is 53.4 Å². The van der Waals surface area contributed by atoms with Crippen LogP contribution in [0.2, 0.25) is 0 Å². The molecule has 0 aliphatic heterocycles. The lowest BCUT2D eigenvalue weighted by molar-refractivity contribution is 0.591. The van der Waals surface area contributed by atoms with Crippen LogP contribution in [0.15, 0.2) is 140 Å². The van der Waals surface area contributed by atoms with E-state index in [9.17, 15) is 0 Å². The van der Waals surface area contributed by atoms with Crippen LogP contribution in [0.1, 0.15) is 69.1 Å². The van der Waals surface area contributed by atoms with Crippen LogP contribution in [0, 0.1) is 6.92 Å². The summed E-state index contributed by atoms with van der Waals surface area (Å²) >= 11 is 1.94. The van der Waals surface area contributed by atoms with Gasteiger partial charge in [0.2, 0.25) is 0 Å². The van der Waals surface area contributed by atoms with E-state index in [1.807, 2.05) is 30.4 Å². The molecule has 10 aromatic rings. The van der Waals surface area contributed by atoms with E-state index >= 15 is 0 Å². The van der Waals surface area contributed by atoms with Gasteiger partial charge in [-0.15, -0.1) is 11.3 Å². The van der Waals surface area contributed by atoms with E-state index in [4.69, 9.17) is 4.98 Å². The molecule has 3 nitrogen and oxygen atoms in total. The Morgan fingerprint density at radius 2 is 1.34 bits per heavy atom. The number of para-hydroxylation sites is 1. The first-order chi connectivity index (χ1) is 28.7. The number of aromatic nitrogens is 3. The van der Waals surface area contributed by atoms with Crippen LogP contribution in [0.25, 0.3) is 105 Å². The monoisotopic (exact) mass is 781 g/mol. The van der Waals surface area contributed by atoms with Crippen LogP contribution in [0.5, 0.6) is 0 Å². The SMILES string of the molecule is C=Cc1c(/C=C\C)nc(-c2ccc(-n3c4c(/C=C\CC)c(C)c5ccccc5c4c4c5sc6ccc(C(C)(C)C)cc6c5c5ccccc5c43)cc2)n1-c1ccccc1. The highest BCUT2D eigenvalue weighted by Crippen LogP contribution is 2.51. The second-order valence-electron chi connectivity index (χ2n) is 16.6. The van der Waals surface area contributed by atoms with Crippen molar-refractivity contribution in [2.24, 2.45) is 0 Å². The van der Waals surface area contributed by atoms with Gasteiger partial charge in [-0.3, -0.25) is 4.57 Å². The van der Waals surface area contributed by atoms with Gasteiger partial charge in [0, 0.05) is 58.8 Å². The Morgan fingerprint density at radius 3 is 2.02 bits per heavy atom. The third-order valence-electron chi connectivity index (χ3n) is 12.0. The van der Waals surface area contributed by atoms with Crippen LogP contribution >= 0.6 is 11.3 Å². The largest absolute Gasteiger partial charge is 0.308 e. The van der Waals surface area contributed by atoms with Crippen molar-refractivity contribution in [3.63, 3.8) is 0 Å². The van der Waals surface area contributed by atoms with E-state index in [0.29, 0.717) is 0 Å². The Hall–Kier alpha value is -6.49. The molecule has 0 aliphatic rings. The van der Waals surface area contributed by atoms with Crippen LogP contribution in [-0.4, -0.2) is 14.1 Å². The molecule has 0 aliphatic carbocycles. The summed E-state index contributed by atoms with van der Waals surface area (Å²) in [7, 11) is 0. The number of imidazole rings is 1. The first-order valence-electron chi connectivity index (χ1n) is 20.7. The highest BCUT2D eigenvalue weighted by atomic mass is 32.1. The van der Waals surface area contributed by atoms with E-state index in [-0.39, 0.29) is 5.41 Å². The van der Waals surface area contributed by atoms with Gasteiger partial charge in [-0.25, -0.2) is 4.98 Å². The molecular weight excluding hydrogens is 735 g/mol. The third-order valence-corrected chi connectivity index (χ3v) is 13.2. The summed E-state index contributed by atoms with van der Waals surface area (Å²) in [5, 5.41) is 10.5. The molecule has 0 saturated carbocycles. The topological polar surface area (TPSA) is 22.8 Å². The van der Waals surface area contributed by atoms with Crippen molar-refractivity contribution in [2.75, 3.05) is 0 Å². The summed E-state index contributed by atoms with van der Waals surface area (Å²) in [5.74, 6) is 0.883. The molecule has 0 radical (unpaired) electrons. The van der Waals surface area contributed by atoms with Crippen LogP contribution in [0.3, 0.4) is 0 Å². The zero-order valence-electron chi connectivity index (χ0n) is 34.6. The van der Waals surface area contributed by atoms with Crippen LogP contribution in [0.4, 0.5) is 0 Å². The fraction of sp³-hybridized carbons (Fsp3) is 0.145. The van der Waals surface area contributed by atoms with Crippen molar-refractivity contribution >= 4 is 93.1 Å². The number of nitrogens with zero attached hydrogens (tertiary/aromatic N) is 3. The summed E-state index contributed by atoms with van der Waals surface area (Å²) in [6, 6.07) is 44.8. The highest BCUT2D eigenvalue weighted by Gasteiger charge is 2.27. The summed E-state index contributed by atoms with van der Waals surface area (Å²) < 4.78 is 7.46. The Morgan fingerprint density at radius 1 is 0.678 bits per heavy atom. The summed E-state index contributed by atoms with van der Waals surface area (Å²) in [5.41, 5.74) is 11.5. The second-order valence-corrected chi connectivity index (χ2v) is 17.7. The fourth-order valence-corrected chi connectivity index (χ4v) is 10.5. The lowest BCUT2D eigenvalue weighted by Crippen LogP contribution is -2.10. The van der Waals surface area contributed by atoms with Crippen molar-refractivity contribution in [1.29, 1.82) is 0 Å². The minimum absolute atomic E-state index is 0.0402. The average molecular weight is 782 g/mol. The van der Waals surface area contributed by atoms with Crippen LogP contribution in [-0.2, 0) is 5.41 Å². The van der Waals surface area contributed by atoms with E-state index in [1.165, 1.54) is 80.2 Å². The first-order valence-corrected chi connectivity index (χ1v) is 21.5. The van der Waals surface area contributed by atoms with E-state index in [0.717, 1.165) is 40.6 Å². The minimum atomic E-state index is 0.0402.